The molecular formula is C14H21Cl2NS. The van der Waals surface area contributed by atoms with Gasteiger partial charge in [0.25, 0.3) is 0 Å². The first-order chi connectivity index (χ1) is 8.38. The fourth-order valence-electron chi connectivity index (χ4n) is 1.45. The topological polar surface area (TPSA) is 12.0 Å². The van der Waals surface area contributed by atoms with E-state index in [1.807, 2.05) is 30.0 Å². The number of hydrogen-bond acceptors (Lipinski definition) is 2. The van der Waals surface area contributed by atoms with Crippen LogP contribution in [-0.2, 0) is 0 Å². The van der Waals surface area contributed by atoms with Crippen molar-refractivity contribution >= 4 is 35.0 Å². The first kappa shape index (κ1) is 16.2. The van der Waals surface area contributed by atoms with E-state index in [4.69, 9.17) is 23.2 Å². The molecule has 0 aliphatic carbocycles. The summed E-state index contributed by atoms with van der Waals surface area (Å²) in [6.45, 7) is 7.65. The van der Waals surface area contributed by atoms with Gasteiger partial charge in [0.1, 0.15) is 0 Å². The maximum Gasteiger partial charge on any atom is 0.0603 e. The highest BCUT2D eigenvalue weighted by molar-refractivity contribution is 7.99. The molecule has 0 saturated carbocycles. The van der Waals surface area contributed by atoms with E-state index in [2.05, 4.69) is 26.1 Å². The summed E-state index contributed by atoms with van der Waals surface area (Å²) in [6.07, 6.45) is 2.40. The van der Waals surface area contributed by atoms with Crippen LogP contribution in [0.5, 0.6) is 0 Å². The van der Waals surface area contributed by atoms with Crippen molar-refractivity contribution in [3.63, 3.8) is 0 Å². The van der Waals surface area contributed by atoms with Gasteiger partial charge in [0.15, 0.2) is 0 Å². The van der Waals surface area contributed by atoms with Crippen LogP contribution in [0.25, 0.3) is 0 Å². The Morgan fingerprint density at radius 3 is 2.44 bits per heavy atom. The molecule has 0 aromatic heterocycles. The van der Waals surface area contributed by atoms with E-state index in [-0.39, 0.29) is 5.54 Å². The van der Waals surface area contributed by atoms with E-state index in [1.165, 1.54) is 17.7 Å². The quantitative estimate of drug-likeness (QED) is 0.569. The first-order valence-electron chi connectivity index (χ1n) is 6.21. The average molecular weight is 306 g/mol. The summed E-state index contributed by atoms with van der Waals surface area (Å²) >= 11 is 13.7. The van der Waals surface area contributed by atoms with Crippen molar-refractivity contribution in [3.8, 4) is 0 Å². The van der Waals surface area contributed by atoms with Gasteiger partial charge in [-0.2, -0.15) is 0 Å². The summed E-state index contributed by atoms with van der Waals surface area (Å²) in [5.74, 6) is 1.11. The molecule has 1 rings (SSSR count). The zero-order valence-corrected chi connectivity index (χ0v) is 13.6. The van der Waals surface area contributed by atoms with Crippen molar-refractivity contribution in [2.24, 2.45) is 0 Å². The predicted octanol–water partition coefficient (Wildman–Crippen LogP) is 5.25. The minimum Gasteiger partial charge on any atom is -0.312 e. The van der Waals surface area contributed by atoms with Crippen LogP contribution < -0.4 is 5.32 Å². The standard InChI is InChI=1S/C14H21Cl2NS/c1-14(2,3)17-8-4-5-9-18-11-6-7-12(15)13(16)10-11/h6-7,10,17H,4-5,8-9H2,1-3H3. The Labute approximate surface area is 125 Å². The van der Waals surface area contributed by atoms with Crippen LogP contribution in [0.4, 0.5) is 0 Å². The molecule has 0 saturated heterocycles. The molecule has 0 aliphatic heterocycles. The molecule has 1 aromatic rings. The average Bonchev–Trinajstić information content (AvgIpc) is 2.26. The van der Waals surface area contributed by atoms with Crippen LogP contribution in [0, 0.1) is 0 Å². The normalized spacial score (nSPS) is 11.8. The van der Waals surface area contributed by atoms with Crippen LogP contribution in [0.1, 0.15) is 33.6 Å². The van der Waals surface area contributed by atoms with Crippen molar-refractivity contribution in [1.29, 1.82) is 0 Å². The Kier molecular flexibility index (Phi) is 6.86. The Bertz CT molecular complexity index is 375. The summed E-state index contributed by atoms with van der Waals surface area (Å²) in [6, 6.07) is 5.81. The van der Waals surface area contributed by atoms with E-state index in [0.717, 1.165) is 12.3 Å². The summed E-state index contributed by atoms with van der Waals surface area (Å²) in [7, 11) is 0. The first-order valence-corrected chi connectivity index (χ1v) is 7.95. The number of rotatable bonds is 6. The van der Waals surface area contributed by atoms with Gasteiger partial charge in [-0.25, -0.2) is 0 Å². The monoisotopic (exact) mass is 305 g/mol. The molecule has 1 aromatic carbocycles. The number of thioether (sulfide) groups is 1. The fraction of sp³-hybridized carbons (Fsp3) is 0.571. The number of halogens is 2. The van der Waals surface area contributed by atoms with Gasteiger partial charge < -0.3 is 5.32 Å². The molecule has 0 aliphatic rings. The number of hydrogen-bond donors (Lipinski definition) is 1. The SMILES string of the molecule is CC(C)(C)NCCCCSc1ccc(Cl)c(Cl)c1. The summed E-state index contributed by atoms with van der Waals surface area (Å²) in [5.41, 5.74) is 0.219. The van der Waals surface area contributed by atoms with Crippen molar-refractivity contribution in [1.82, 2.24) is 5.32 Å². The Balaban J connectivity index is 2.16. The Morgan fingerprint density at radius 2 is 1.83 bits per heavy atom. The number of benzene rings is 1. The maximum absolute atomic E-state index is 5.97. The third-order valence-corrected chi connectivity index (χ3v) is 4.21. The van der Waals surface area contributed by atoms with Crippen LogP contribution in [0.3, 0.4) is 0 Å². The maximum atomic E-state index is 5.97. The lowest BCUT2D eigenvalue weighted by Crippen LogP contribution is -2.36. The zero-order chi connectivity index (χ0) is 13.6. The third kappa shape index (κ3) is 6.89. The zero-order valence-electron chi connectivity index (χ0n) is 11.2. The van der Waals surface area contributed by atoms with Gasteiger partial charge in [-0.1, -0.05) is 23.2 Å². The number of nitrogens with one attached hydrogen (secondary N) is 1. The summed E-state index contributed by atoms with van der Waals surface area (Å²) in [5, 5.41) is 4.75. The highest BCUT2D eigenvalue weighted by Gasteiger charge is 2.07. The van der Waals surface area contributed by atoms with Crippen LogP contribution >= 0.6 is 35.0 Å². The second kappa shape index (κ2) is 7.64. The largest absolute Gasteiger partial charge is 0.312 e. The van der Waals surface area contributed by atoms with Gasteiger partial charge in [0, 0.05) is 10.4 Å². The molecule has 1 nitrogen and oxygen atoms in total. The molecule has 1 N–H and O–H groups in total. The second-order valence-corrected chi connectivity index (χ2v) is 7.29. The van der Waals surface area contributed by atoms with Gasteiger partial charge in [-0.3, -0.25) is 0 Å². The lowest BCUT2D eigenvalue weighted by Gasteiger charge is -2.20. The summed E-state index contributed by atoms with van der Waals surface area (Å²) < 4.78 is 0. The third-order valence-electron chi connectivity index (χ3n) is 2.39. The van der Waals surface area contributed by atoms with Crippen LogP contribution in [-0.4, -0.2) is 17.8 Å². The lowest BCUT2D eigenvalue weighted by atomic mass is 10.1. The predicted molar refractivity (Wildman–Crippen MR) is 84.2 cm³/mol. The molecule has 0 spiro atoms. The van der Waals surface area contributed by atoms with Crippen molar-refractivity contribution in [2.45, 2.75) is 44.0 Å². The second-order valence-electron chi connectivity index (χ2n) is 5.31. The van der Waals surface area contributed by atoms with Gasteiger partial charge in [0.2, 0.25) is 0 Å². The Hall–Kier alpha value is 0.110. The molecule has 0 atom stereocenters. The molecule has 0 amide bonds. The molecule has 0 heterocycles. The smallest absolute Gasteiger partial charge is 0.0603 e. The lowest BCUT2D eigenvalue weighted by molar-refractivity contribution is 0.421. The van der Waals surface area contributed by atoms with E-state index in [1.54, 1.807) is 0 Å². The van der Waals surface area contributed by atoms with Gasteiger partial charge >= 0.3 is 0 Å². The van der Waals surface area contributed by atoms with E-state index >= 15 is 0 Å². The molecule has 102 valence electrons. The molecule has 18 heavy (non-hydrogen) atoms. The van der Waals surface area contributed by atoms with Crippen molar-refractivity contribution in [3.05, 3.63) is 28.2 Å². The summed E-state index contributed by atoms with van der Waals surface area (Å²) in [4.78, 5) is 1.19. The number of unbranched alkanes of at least 4 members (excludes halogenated alkanes) is 1. The van der Waals surface area contributed by atoms with Gasteiger partial charge in [-0.15, -0.1) is 11.8 Å². The van der Waals surface area contributed by atoms with E-state index in [9.17, 15) is 0 Å². The fourth-order valence-corrected chi connectivity index (χ4v) is 2.76. The van der Waals surface area contributed by atoms with Crippen molar-refractivity contribution < 1.29 is 0 Å². The van der Waals surface area contributed by atoms with Crippen LogP contribution in [0.2, 0.25) is 10.0 Å². The molecule has 0 unspecified atom stereocenters. The molecular weight excluding hydrogens is 285 g/mol. The molecule has 0 fully saturated rings. The van der Waals surface area contributed by atoms with E-state index < -0.39 is 0 Å². The Morgan fingerprint density at radius 1 is 1.11 bits per heavy atom. The molecule has 4 heteroatoms. The molecule has 0 radical (unpaired) electrons. The highest BCUT2D eigenvalue weighted by atomic mass is 35.5. The minimum atomic E-state index is 0.219. The van der Waals surface area contributed by atoms with E-state index in [0.29, 0.717) is 10.0 Å². The molecule has 0 bridgehead atoms. The highest BCUT2D eigenvalue weighted by Crippen LogP contribution is 2.28. The minimum absolute atomic E-state index is 0.219. The van der Waals surface area contributed by atoms with Crippen LogP contribution in [0.15, 0.2) is 23.1 Å². The van der Waals surface area contributed by atoms with Crippen molar-refractivity contribution in [2.75, 3.05) is 12.3 Å². The van der Waals surface area contributed by atoms with Gasteiger partial charge in [-0.05, 0) is 64.1 Å². The van der Waals surface area contributed by atoms with Gasteiger partial charge in [0.05, 0.1) is 10.0 Å².